The van der Waals surface area contributed by atoms with E-state index in [1.165, 1.54) is 18.4 Å². The van der Waals surface area contributed by atoms with Gasteiger partial charge in [0.05, 0.1) is 24.7 Å². The third-order valence-electron chi connectivity index (χ3n) is 3.95. The Labute approximate surface area is 125 Å². The summed E-state index contributed by atoms with van der Waals surface area (Å²) in [4.78, 5) is 4.24. The number of rotatable bonds is 8. The number of nitrogens with zero attached hydrogens (tertiary/aromatic N) is 2. The maximum atomic E-state index is 6.33. The second kappa shape index (κ2) is 6.87. The summed E-state index contributed by atoms with van der Waals surface area (Å²) in [7, 11) is 0. The summed E-state index contributed by atoms with van der Waals surface area (Å²) in [6.45, 7) is 2.46. The van der Waals surface area contributed by atoms with E-state index in [-0.39, 0.29) is 6.04 Å². The van der Waals surface area contributed by atoms with Gasteiger partial charge in [0.25, 0.3) is 0 Å². The van der Waals surface area contributed by atoms with Gasteiger partial charge in [-0.05, 0) is 30.7 Å². The van der Waals surface area contributed by atoms with Crippen molar-refractivity contribution in [2.24, 2.45) is 11.7 Å². The second-order valence-corrected chi connectivity index (χ2v) is 5.83. The standard InChI is InChI=1S/C17H23N3O/c18-16(10-14-4-2-1-3-5-14)17-11-19-13-20(17)8-9-21-12-15-6-7-15/h1-5,11,13,15-16H,6-10,12,18H2/t16-/m1/s1. The average molecular weight is 285 g/mol. The fourth-order valence-corrected chi connectivity index (χ4v) is 2.50. The van der Waals surface area contributed by atoms with E-state index in [1.54, 1.807) is 0 Å². The molecule has 1 atom stereocenters. The first-order valence-corrected chi connectivity index (χ1v) is 7.70. The van der Waals surface area contributed by atoms with E-state index in [4.69, 9.17) is 10.5 Å². The lowest BCUT2D eigenvalue weighted by atomic mass is 10.0. The molecule has 2 N–H and O–H groups in total. The Kier molecular flexibility index (Phi) is 4.68. The number of benzene rings is 1. The van der Waals surface area contributed by atoms with Crippen LogP contribution < -0.4 is 5.73 Å². The highest BCUT2D eigenvalue weighted by Gasteiger charge is 2.21. The molecule has 21 heavy (non-hydrogen) atoms. The lowest BCUT2D eigenvalue weighted by Crippen LogP contribution is -2.19. The van der Waals surface area contributed by atoms with Gasteiger partial charge in [-0.2, -0.15) is 0 Å². The Balaban J connectivity index is 1.53. The van der Waals surface area contributed by atoms with E-state index >= 15 is 0 Å². The van der Waals surface area contributed by atoms with E-state index in [9.17, 15) is 0 Å². The smallest absolute Gasteiger partial charge is 0.0949 e. The maximum absolute atomic E-state index is 6.33. The van der Waals surface area contributed by atoms with Crippen molar-refractivity contribution in [3.05, 3.63) is 54.1 Å². The van der Waals surface area contributed by atoms with Gasteiger partial charge in [-0.1, -0.05) is 30.3 Å². The van der Waals surface area contributed by atoms with Crippen molar-refractivity contribution in [1.82, 2.24) is 9.55 Å². The molecule has 112 valence electrons. The molecule has 1 aromatic heterocycles. The van der Waals surface area contributed by atoms with Gasteiger partial charge in [0, 0.05) is 19.3 Å². The van der Waals surface area contributed by atoms with E-state index in [0.717, 1.165) is 37.8 Å². The highest BCUT2D eigenvalue weighted by Crippen LogP contribution is 2.28. The Hall–Kier alpha value is -1.65. The van der Waals surface area contributed by atoms with E-state index < -0.39 is 0 Å². The van der Waals surface area contributed by atoms with Crippen molar-refractivity contribution in [2.45, 2.75) is 31.8 Å². The molecule has 0 saturated heterocycles. The van der Waals surface area contributed by atoms with Crippen LogP contribution in [-0.2, 0) is 17.7 Å². The largest absolute Gasteiger partial charge is 0.379 e. The zero-order chi connectivity index (χ0) is 14.5. The van der Waals surface area contributed by atoms with Gasteiger partial charge >= 0.3 is 0 Å². The van der Waals surface area contributed by atoms with Crippen LogP contribution in [0.2, 0.25) is 0 Å². The highest BCUT2D eigenvalue weighted by molar-refractivity contribution is 5.18. The Bertz CT molecular complexity index is 548. The summed E-state index contributed by atoms with van der Waals surface area (Å²) in [5, 5.41) is 0. The molecule has 1 aliphatic carbocycles. The SMILES string of the molecule is N[C@H](Cc1ccccc1)c1cncn1CCOCC1CC1. The predicted octanol–water partition coefficient (Wildman–Crippen LogP) is 2.55. The molecule has 1 aromatic carbocycles. The number of nitrogens with two attached hydrogens (primary N) is 1. The Morgan fingerprint density at radius 3 is 2.86 bits per heavy atom. The summed E-state index contributed by atoms with van der Waals surface area (Å²) >= 11 is 0. The van der Waals surface area contributed by atoms with E-state index in [0.29, 0.717) is 0 Å². The zero-order valence-electron chi connectivity index (χ0n) is 12.3. The molecular formula is C17H23N3O. The van der Waals surface area contributed by atoms with Crippen LogP contribution in [-0.4, -0.2) is 22.8 Å². The molecule has 4 nitrogen and oxygen atoms in total. The first-order valence-electron chi connectivity index (χ1n) is 7.70. The molecule has 0 bridgehead atoms. The topological polar surface area (TPSA) is 53.1 Å². The lowest BCUT2D eigenvalue weighted by molar-refractivity contribution is 0.116. The number of hydrogen-bond acceptors (Lipinski definition) is 3. The van der Waals surface area contributed by atoms with Crippen LogP contribution >= 0.6 is 0 Å². The van der Waals surface area contributed by atoms with Crippen LogP contribution in [0.25, 0.3) is 0 Å². The maximum Gasteiger partial charge on any atom is 0.0949 e. The molecule has 1 saturated carbocycles. The van der Waals surface area contributed by atoms with Gasteiger partial charge in [0.2, 0.25) is 0 Å². The first kappa shape index (κ1) is 14.3. The summed E-state index contributed by atoms with van der Waals surface area (Å²) in [6.07, 6.45) is 7.21. The minimum absolute atomic E-state index is 0.0293. The van der Waals surface area contributed by atoms with E-state index in [1.807, 2.05) is 30.7 Å². The van der Waals surface area contributed by atoms with E-state index in [2.05, 4.69) is 21.7 Å². The Morgan fingerprint density at radius 2 is 2.10 bits per heavy atom. The molecular weight excluding hydrogens is 262 g/mol. The molecule has 1 fully saturated rings. The van der Waals surface area contributed by atoms with Gasteiger partial charge in [0.1, 0.15) is 0 Å². The molecule has 0 unspecified atom stereocenters. The molecule has 0 radical (unpaired) electrons. The van der Waals surface area contributed by atoms with Crippen molar-refractivity contribution in [1.29, 1.82) is 0 Å². The lowest BCUT2D eigenvalue weighted by Gasteiger charge is -2.15. The van der Waals surface area contributed by atoms with Crippen LogP contribution in [0.4, 0.5) is 0 Å². The number of ether oxygens (including phenoxy) is 1. The van der Waals surface area contributed by atoms with Gasteiger partial charge in [-0.25, -0.2) is 4.98 Å². The van der Waals surface area contributed by atoms with Crippen LogP contribution in [0, 0.1) is 5.92 Å². The summed E-state index contributed by atoms with van der Waals surface area (Å²) in [6, 6.07) is 10.3. The number of imidazole rings is 1. The molecule has 0 aliphatic heterocycles. The third-order valence-corrected chi connectivity index (χ3v) is 3.95. The molecule has 1 heterocycles. The quantitative estimate of drug-likeness (QED) is 0.758. The van der Waals surface area contributed by atoms with Crippen LogP contribution in [0.3, 0.4) is 0 Å². The summed E-state index contributed by atoms with van der Waals surface area (Å²) < 4.78 is 7.81. The van der Waals surface area contributed by atoms with Crippen LogP contribution in [0.15, 0.2) is 42.9 Å². The Morgan fingerprint density at radius 1 is 1.29 bits per heavy atom. The minimum Gasteiger partial charge on any atom is -0.379 e. The van der Waals surface area contributed by atoms with Crippen molar-refractivity contribution in [2.75, 3.05) is 13.2 Å². The fraction of sp³-hybridized carbons (Fsp3) is 0.471. The summed E-state index contributed by atoms with van der Waals surface area (Å²) in [5.74, 6) is 0.813. The molecule has 0 spiro atoms. The van der Waals surface area contributed by atoms with Gasteiger partial charge < -0.3 is 15.0 Å². The molecule has 0 amide bonds. The molecule has 4 heteroatoms. The molecule has 2 aromatic rings. The van der Waals surface area contributed by atoms with Crippen LogP contribution in [0.5, 0.6) is 0 Å². The number of aromatic nitrogens is 2. The van der Waals surface area contributed by atoms with Crippen molar-refractivity contribution in [3.63, 3.8) is 0 Å². The van der Waals surface area contributed by atoms with Crippen molar-refractivity contribution >= 4 is 0 Å². The van der Waals surface area contributed by atoms with Gasteiger partial charge in [-0.15, -0.1) is 0 Å². The monoisotopic (exact) mass is 285 g/mol. The zero-order valence-corrected chi connectivity index (χ0v) is 12.3. The van der Waals surface area contributed by atoms with Crippen molar-refractivity contribution in [3.8, 4) is 0 Å². The first-order chi connectivity index (χ1) is 10.3. The molecule has 1 aliphatic rings. The van der Waals surface area contributed by atoms with Gasteiger partial charge in [0.15, 0.2) is 0 Å². The summed E-state index contributed by atoms with van der Waals surface area (Å²) in [5.41, 5.74) is 8.66. The predicted molar refractivity (Wildman–Crippen MR) is 82.8 cm³/mol. The third kappa shape index (κ3) is 4.16. The minimum atomic E-state index is -0.0293. The second-order valence-electron chi connectivity index (χ2n) is 5.83. The highest BCUT2D eigenvalue weighted by atomic mass is 16.5. The van der Waals surface area contributed by atoms with Crippen molar-refractivity contribution < 1.29 is 4.74 Å². The van der Waals surface area contributed by atoms with Gasteiger partial charge in [-0.3, -0.25) is 0 Å². The normalized spacial score (nSPS) is 16.0. The number of hydrogen-bond donors (Lipinski definition) is 1. The average Bonchev–Trinajstić information content (AvgIpc) is 3.21. The fourth-order valence-electron chi connectivity index (χ4n) is 2.50. The van der Waals surface area contributed by atoms with Crippen LogP contribution in [0.1, 0.15) is 30.1 Å². The molecule has 3 rings (SSSR count).